The average molecular weight is 289 g/mol. The molecule has 3 N–H and O–H groups in total. The van der Waals surface area contributed by atoms with Crippen molar-refractivity contribution in [2.45, 2.75) is 38.0 Å². The van der Waals surface area contributed by atoms with Crippen molar-refractivity contribution < 1.29 is 9.53 Å². The van der Waals surface area contributed by atoms with Crippen molar-refractivity contribution in [3.63, 3.8) is 0 Å². The lowest BCUT2D eigenvalue weighted by atomic mass is 10.1. The summed E-state index contributed by atoms with van der Waals surface area (Å²) in [7, 11) is 0. The highest BCUT2D eigenvalue weighted by molar-refractivity contribution is 5.82. The van der Waals surface area contributed by atoms with E-state index in [2.05, 4.69) is 22.3 Å². The second-order valence-corrected chi connectivity index (χ2v) is 5.87. The van der Waals surface area contributed by atoms with Gasteiger partial charge in [0.2, 0.25) is 5.91 Å². The van der Waals surface area contributed by atoms with Crippen molar-refractivity contribution in [2.75, 3.05) is 19.8 Å². The number of benzene rings is 1. The second-order valence-electron chi connectivity index (χ2n) is 5.87. The highest BCUT2D eigenvalue weighted by Gasteiger charge is 2.33. The van der Waals surface area contributed by atoms with Gasteiger partial charge in [-0.3, -0.25) is 9.69 Å². The van der Waals surface area contributed by atoms with Crippen LogP contribution in [-0.4, -0.2) is 42.6 Å². The molecule has 0 bridgehead atoms. The largest absolute Gasteiger partial charge is 0.378 e. The van der Waals surface area contributed by atoms with E-state index < -0.39 is 0 Å². The van der Waals surface area contributed by atoms with E-state index in [9.17, 15) is 4.79 Å². The van der Waals surface area contributed by atoms with Gasteiger partial charge in [-0.15, -0.1) is 0 Å². The lowest BCUT2D eigenvalue weighted by Crippen LogP contribution is -2.53. The predicted octanol–water partition coefficient (Wildman–Crippen LogP) is 0.625. The molecule has 3 rings (SSSR count). The Bertz CT molecular complexity index is 502. The van der Waals surface area contributed by atoms with Crippen LogP contribution in [0.2, 0.25) is 0 Å². The number of amides is 1. The predicted molar refractivity (Wildman–Crippen MR) is 80.5 cm³/mol. The molecular formula is C16H23N3O2. The molecule has 1 saturated carbocycles. The number of ether oxygens (including phenoxy) is 1. The Balaban J connectivity index is 1.66. The van der Waals surface area contributed by atoms with Crippen LogP contribution < -0.4 is 11.1 Å². The molecular weight excluding hydrogens is 266 g/mol. The van der Waals surface area contributed by atoms with E-state index in [1.165, 1.54) is 5.56 Å². The van der Waals surface area contributed by atoms with Crippen LogP contribution in [0, 0.1) is 0 Å². The topological polar surface area (TPSA) is 67.6 Å². The molecule has 0 spiro atoms. The fourth-order valence-corrected chi connectivity index (χ4v) is 2.68. The third-order valence-electron chi connectivity index (χ3n) is 4.08. The molecule has 1 amide bonds. The molecule has 1 heterocycles. The Hall–Kier alpha value is -1.43. The highest BCUT2D eigenvalue weighted by Crippen LogP contribution is 2.20. The average Bonchev–Trinajstić information content (AvgIpc) is 3.32. The molecule has 1 aromatic carbocycles. The van der Waals surface area contributed by atoms with Crippen LogP contribution in [0.25, 0.3) is 0 Å². The van der Waals surface area contributed by atoms with Gasteiger partial charge < -0.3 is 15.8 Å². The van der Waals surface area contributed by atoms with Gasteiger partial charge in [0.05, 0.1) is 13.2 Å². The SMILES string of the molecule is NCc1cccc(CN2CCOCC2C(=O)NC2CC2)c1. The van der Waals surface area contributed by atoms with Gasteiger partial charge in [0.1, 0.15) is 6.04 Å². The quantitative estimate of drug-likeness (QED) is 0.834. The standard InChI is InChI=1S/C16H23N3O2/c17-9-12-2-1-3-13(8-12)10-19-6-7-21-11-15(19)16(20)18-14-4-5-14/h1-3,8,14-15H,4-7,9-11,17H2,(H,18,20). The van der Waals surface area contributed by atoms with E-state index in [0.717, 1.165) is 31.5 Å². The van der Waals surface area contributed by atoms with Crippen LogP contribution in [0.1, 0.15) is 24.0 Å². The number of carbonyl (C=O) groups is 1. The number of nitrogens with zero attached hydrogens (tertiary/aromatic N) is 1. The van der Waals surface area contributed by atoms with Crippen LogP contribution in [0.4, 0.5) is 0 Å². The van der Waals surface area contributed by atoms with Crippen molar-refractivity contribution in [3.8, 4) is 0 Å². The summed E-state index contributed by atoms with van der Waals surface area (Å²) in [6.07, 6.45) is 2.22. The zero-order valence-electron chi connectivity index (χ0n) is 12.3. The van der Waals surface area contributed by atoms with E-state index in [1.807, 2.05) is 12.1 Å². The Morgan fingerprint density at radius 1 is 1.38 bits per heavy atom. The maximum Gasteiger partial charge on any atom is 0.239 e. The molecule has 1 aliphatic carbocycles. The molecule has 1 saturated heterocycles. The van der Waals surface area contributed by atoms with Gasteiger partial charge in [0.15, 0.2) is 0 Å². The first-order chi connectivity index (χ1) is 10.3. The second kappa shape index (κ2) is 6.56. The smallest absolute Gasteiger partial charge is 0.239 e. The number of nitrogens with one attached hydrogen (secondary N) is 1. The van der Waals surface area contributed by atoms with Crippen LogP contribution in [-0.2, 0) is 22.6 Å². The Labute approximate surface area is 125 Å². The minimum atomic E-state index is -0.180. The molecule has 1 aliphatic heterocycles. The molecule has 5 nitrogen and oxygen atoms in total. The Kier molecular flexibility index (Phi) is 4.53. The minimum Gasteiger partial charge on any atom is -0.378 e. The van der Waals surface area contributed by atoms with Gasteiger partial charge in [-0.1, -0.05) is 24.3 Å². The summed E-state index contributed by atoms with van der Waals surface area (Å²) in [6.45, 7) is 3.26. The van der Waals surface area contributed by atoms with E-state index in [4.69, 9.17) is 10.5 Å². The van der Waals surface area contributed by atoms with Crippen LogP contribution in [0.15, 0.2) is 24.3 Å². The minimum absolute atomic E-state index is 0.104. The number of morpholine rings is 1. The van der Waals surface area contributed by atoms with Crippen molar-refractivity contribution in [2.24, 2.45) is 5.73 Å². The lowest BCUT2D eigenvalue weighted by Gasteiger charge is -2.34. The molecule has 1 aromatic rings. The van der Waals surface area contributed by atoms with E-state index in [1.54, 1.807) is 0 Å². The summed E-state index contributed by atoms with van der Waals surface area (Å²) < 4.78 is 5.50. The number of hydrogen-bond donors (Lipinski definition) is 2. The number of rotatable bonds is 5. The number of nitrogens with two attached hydrogens (primary N) is 1. The van der Waals surface area contributed by atoms with Crippen molar-refractivity contribution in [1.82, 2.24) is 10.2 Å². The van der Waals surface area contributed by atoms with Crippen LogP contribution in [0.3, 0.4) is 0 Å². The lowest BCUT2D eigenvalue weighted by molar-refractivity contribution is -0.133. The zero-order chi connectivity index (χ0) is 14.7. The highest BCUT2D eigenvalue weighted by atomic mass is 16.5. The molecule has 21 heavy (non-hydrogen) atoms. The fraction of sp³-hybridized carbons (Fsp3) is 0.562. The van der Waals surface area contributed by atoms with Gasteiger partial charge in [-0.25, -0.2) is 0 Å². The first-order valence-electron chi connectivity index (χ1n) is 7.66. The Morgan fingerprint density at radius 2 is 2.19 bits per heavy atom. The maximum atomic E-state index is 12.3. The van der Waals surface area contributed by atoms with Gasteiger partial charge in [-0.05, 0) is 24.0 Å². The molecule has 2 fully saturated rings. The van der Waals surface area contributed by atoms with Gasteiger partial charge in [0, 0.05) is 25.7 Å². The first-order valence-corrected chi connectivity index (χ1v) is 7.66. The third kappa shape index (κ3) is 3.81. The molecule has 2 aliphatic rings. The Morgan fingerprint density at radius 3 is 2.95 bits per heavy atom. The summed E-state index contributed by atoms with van der Waals surface area (Å²) in [5.41, 5.74) is 8.01. The van der Waals surface area contributed by atoms with Crippen LogP contribution >= 0.6 is 0 Å². The molecule has 0 aromatic heterocycles. The monoisotopic (exact) mass is 289 g/mol. The van der Waals surface area contributed by atoms with Gasteiger partial charge in [0.25, 0.3) is 0 Å². The summed E-state index contributed by atoms with van der Waals surface area (Å²) in [5.74, 6) is 0.104. The molecule has 0 radical (unpaired) electrons. The first kappa shape index (κ1) is 14.5. The van der Waals surface area contributed by atoms with E-state index in [-0.39, 0.29) is 11.9 Å². The third-order valence-corrected chi connectivity index (χ3v) is 4.08. The zero-order valence-corrected chi connectivity index (χ0v) is 12.3. The molecule has 114 valence electrons. The summed E-state index contributed by atoms with van der Waals surface area (Å²) in [4.78, 5) is 14.5. The number of carbonyl (C=O) groups excluding carboxylic acids is 1. The van der Waals surface area contributed by atoms with E-state index >= 15 is 0 Å². The summed E-state index contributed by atoms with van der Waals surface area (Å²) >= 11 is 0. The maximum absolute atomic E-state index is 12.3. The van der Waals surface area contributed by atoms with E-state index in [0.29, 0.717) is 25.8 Å². The van der Waals surface area contributed by atoms with Crippen molar-refractivity contribution in [1.29, 1.82) is 0 Å². The molecule has 5 heteroatoms. The van der Waals surface area contributed by atoms with Gasteiger partial charge in [-0.2, -0.15) is 0 Å². The van der Waals surface area contributed by atoms with Gasteiger partial charge >= 0.3 is 0 Å². The molecule has 1 atom stereocenters. The normalized spacial score (nSPS) is 23.0. The number of hydrogen-bond acceptors (Lipinski definition) is 4. The fourth-order valence-electron chi connectivity index (χ4n) is 2.68. The molecule has 1 unspecified atom stereocenters. The van der Waals surface area contributed by atoms with Crippen molar-refractivity contribution >= 4 is 5.91 Å². The summed E-state index contributed by atoms with van der Waals surface area (Å²) in [5, 5.41) is 3.08. The van der Waals surface area contributed by atoms with Crippen molar-refractivity contribution in [3.05, 3.63) is 35.4 Å². The summed E-state index contributed by atoms with van der Waals surface area (Å²) in [6, 6.07) is 8.47. The van der Waals surface area contributed by atoms with Crippen LogP contribution in [0.5, 0.6) is 0 Å².